The van der Waals surface area contributed by atoms with E-state index in [1.807, 2.05) is 6.92 Å². The smallest absolute Gasteiger partial charge is 0.340 e. The zero-order valence-electron chi connectivity index (χ0n) is 14.5. The van der Waals surface area contributed by atoms with E-state index < -0.39 is 21.4 Å². The van der Waals surface area contributed by atoms with Crippen LogP contribution in [0.5, 0.6) is 0 Å². The summed E-state index contributed by atoms with van der Waals surface area (Å²) in [5.74, 6) is -0.521. The summed E-state index contributed by atoms with van der Waals surface area (Å²) in [6.45, 7) is 8.78. The van der Waals surface area contributed by atoms with Gasteiger partial charge in [0.1, 0.15) is 5.60 Å². The number of hydrogen-bond donors (Lipinski definition) is 0. The highest BCUT2D eigenvalue weighted by Crippen LogP contribution is 2.22. The molecule has 1 heterocycles. The maximum atomic E-state index is 12.6. The Morgan fingerprint density at radius 2 is 1.58 bits per heavy atom. The van der Waals surface area contributed by atoms with E-state index in [0.29, 0.717) is 5.69 Å². The Labute approximate surface area is 142 Å². The standard InChI is InChI=1S/C18H21NO4S/c1-12-6-8-14(9-7-12)24(21,22)16-11-10-15(13(2)19-16)17(20)23-18(3,4)5/h6-11H,1-5H3. The molecule has 6 heteroatoms. The summed E-state index contributed by atoms with van der Waals surface area (Å²) in [4.78, 5) is 16.4. The summed E-state index contributed by atoms with van der Waals surface area (Å²) in [6, 6.07) is 9.33. The number of nitrogens with zero attached hydrogens (tertiary/aromatic N) is 1. The van der Waals surface area contributed by atoms with E-state index in [9.17, 15) is 13.2 Å². The van der Waals surface area contributed by atoms with Crippen LogP contribution in [0.25, 0.3) is 0 Å². The Morgan fingerprint density at radius 1 is 1.00 bits per heavy atom. The SMILES string of the molecule is Cc1ccc(S(=O)(=O)c2ccc(C(=O)OC(C)(C)C)c(C)n2)cc1. The molecule has 0 aliphatic heterocycles. The van der Waals surface area contributed by atoms with Crippen LogP contribution in [0.1, 0.15) is 42.4 Å². The van der Waals surface area contributed by atoms with Crippen molar-refractivity contribution in [1.29, 1.82) is 0 Å². The number of carbonyl (C=O) groups is 1. The number of carbonyl (C=O) groups excluding carboxylic acids is 1. The Bertz CT molecular complexity index is 863. The van der Waals surface area contributed by atoms with E-state index in [4.69, 9.17) is 4.74 Å². The van der Waals surface area contributed by atoms with Crippen molar-refractivity contribution in [3.8, 4) is 0 Å². The third-order valence-corrected chi connectivity index (χ3v) is 4.96. The first-order valence-corrected chi connectivity index (χ1v) is 9.02. The van der Waals surface area contributed by atoms with Crippen LogP contribution in [-0.2, 0) is 14.6 Å². The zero-order valence-corrected chi connectivity index (χ0v) is 15.3. The van der Waals surface area contributed by atoms with Gasteiger partial charge in [-0.25, -0.2) is 18.2 Å². The van der Waals surface area contributed by atoms with Crippen LogP contribution >= 0.6 is 0 Å². The molecular formula is C18H21NO4S. The second-order valence-electron chi connectivity index (χ2n) is 6.60. The maximum Gasteiger partial charge on any atom is 0.340 e. The van der Waals surface area contributed by atoms with E-state index in [2.05, 4.69) is 4.98 Å². The third kappa shape index (κ3) is 4.00. The van der Waals surface area contributed by atoms with Crippen molar-refractivity contribution >= 4 is 15.8 Å². The van der Waals surface area contributed by atoms with Crippen LogP contribution in [-0.4, -0.2) is 25.0 Å². The first kappa shape index (κ1) is 18.1. The van der Waals surface area contributed by atoms with Crippen molar-refractivity contribution in [2.75, 3.05) is 0 Å². The van der Waals surface area contributed by atoms with E-state index in [1.165, 1.54) is 12.1 Å². The average molecular weight is 347 g/mol. The molecular weight excluding hydrogens is 326 g/mol. The summed E-state index contributed by atoms with van der Waals surface area (Å²) in [5, 5.41) is -0.0869. The van der Waals surface area contributed by atoms with E-state index in [1.54, 1.807) is 52.0 Å². The molecule has 1 aromatic carbocycles. The van der Waals surface area contributed by atoms with Crippen LogP contribution < -0.4 is 0 Å². The average Bonchev–Trinajstić information content (AvgIpc) is 2.45. The number of ether oxygens (including phenoxy) is 1. The monoisotopic (exact) mass is 347 g/mol. The molecule has 0 atom stereocenters. The fraction of sp³-hybridized carbons (Fsp3) is 0.333. The second-order valence-corrected chi connectivity index (χ2v) is 8.50. The predicted molar refractivity (Wildman–Crippen MR) is 90.8 cm³/mol. The van der Waals surface area contributed by atoms with Gasteiger partial charge in [-0.3, -0.25) is 0 Å². The molecule has 0 saturated heterocycles. The van der Waals surface area contributed by atoms with Gasteiger partial charge in [-0.05, 0) is 58.9 Å². The fourth-order valence-electron chi connectivity index (χ4n) is 2.07. The van der Waals surface area contributed by atoms with Gasteiger partial charge in [-0.15, -0.1) is 0 Å². The van der Waals surface area contributed by atoms with Gasteiger partial charge in [0.25, 0.3) is 0 Å². The molecule has 0 unspecified atom stereocenters. The number of hydrogen-bond acceptors (Lipinski definition) is 5. The molecule has 0 aliphatic carbocycles. The maximum absolute atomic E-state index is 12.6. The lowest BCUT2D eigenvalue weighted by Gasteiger charge is -2.20. The minimum Gasteiger partial charge on any atom is -0.456 e. The van der Waals surface area contributed by atoms with Crippen LogP contribution in [0.15, 0.2) is 46.3 Å². The Balaban J connectivity index is 2.39. The van der Waals surface area contributed by atoms with Crippen molar-refractivity contribution in [2.45, 2.75) is 50.1 Å². The summed E-state index contributed by atoms with van der Waals surface area (Å²) < 4.78 is 30.6. The number of pyridine rings is 1. The van der Waals surface area contributed by atoms with E-state index in [-0.39, 0.29) is 15.5 Å². The van der Waals surface area contributed by atoms with Crippen LogP contribution in [0.4, 0.5) is 0 Å². The van der Waals surface area contributed by atoms with Gasteiger partial charge in [0, 0.05) is 0 Å². The highest BCUT2D eigenvalue weighted by molar-refractivity contribution is 7.91. The van der Waals surface area contributed by atoms with Crippen LogP contribution in [0, 0.1) is 13.8 Å². The number of aromatic nitrogens is 1. The van der Waals surface area contributed by atoms with Crippen molar-refractivity contribution in [3.05, 3.63) is 53.2 Å². The summed E-state index contributed by atoms with van der Waals surface area (Å²) in [6.07, 6.45) is 0. The highest BCUT2D eigenvalue weighted by Gasteiger charge is 2.23. The quantitative estimate of drug-likeness (QED) is 0.795. The zero-order chi connectivity index (χ0) is 18.1. The predicted octanol–water partition coefficient (Wildman–Crippen LogP) is 3.49. The number of rotatable bonds is 3. The number of aryl methyl sites for hydroxylation is 2. The fourth-order valence-corrected chi connectivity index (χ4v) is 3.31. The summed E-state index contributed by atoms with van der Waals surface area (Å²) >= 11 is 0. The minimum absolute atomic E-state index is 0.0869. The minimum atomic E-state index is -3.72. The van der Waals surface area contributed by atoms with E-state index in [0.717, 1.165) is 5.56 Å². The van der Waals surface area contributed by atoms with Crippen molar-refractivity contribution in [2.24, 2.45) is 0 Å². The molecule has 0 spiro atoms. The molecule has 24 heavy (non-hydrogen) atoms. The molecule has 0 N–H and O–H groups in total. The summed E-state index contributed by atoms with van der Waals surface area (Å²) in [5.41, 5.74) is 0.916. The van der Waals surface area contributed by atoms with Crippen molar-refractivity contribution in [3.63, 3.8) is 0 Å². The van der Waals surface area contributed by atoms with Gasteiger partial charge in [-0.2, -0.15) is 0 Å². The second kappa shape index (κ2) is 6.36. The third-order valence-electron chi connectivity index (χ3n) is 3.29. The van der Waals surface area contributed by atoms with Crippen LogP contribution in [0.2, 0.25) is 0 Å². The normalized spacial score (nSPS) is 12.0. The molecule has 0 amide bonds. The molecule has 0 saturated carbocycles. The Morgan fingerprint density at radius 3 is 2.08 bits per heavy atom. The molecule has 1 aromatic heterocycles. The highest BCUT2D eigenvalue weighted by atomic mass is 32.2. The van der Waals surface area contributed by atoms with Gasteiger partial charge in [0.05, 0.1) is 16.2 Å². The molecule has 5 nitrogen and oxygen atoms in total. The van der Waals surface area contributed by atoms with E-state index >= 15 is 0 Å². The van der Waals surface area contributed by atoms with Gasteiger partial charge in [0.2, 0.25) is 9.84 Å². The molecule has 0 aliphatic rings. The van der Waals surface area contributed by atoms with Gasteiger partial charge in [-0.1, -0.05) is 17.7 Å². The van der Waals surface area contributed by atoms with Gasteiger partial charge >= 0.3 is 5.97 Å². The molecule has 2 rings (SSSR count). The first-order valence-electron chi connectivity index (χ1n) is 7.53. The number of esters is 1. The largest absolute Gasteiger partial charge is 0.456 e. The molecule has 0 fully saturated rings. The van der Waals surface area contributed by atoms with Crippen molar-refractivity contribution < 1.29 is 17.9 Å². The Kier molecular flexibility index (Phi) is 4.80. The summed E-state index contributed by atoms with van der Waals surface area (Å²) in [7, 11) is -3.72. The molecule has 0 radical (unpaired) electrons. The molecule has 0 bridgehead atoms. The Hall–Kier alpha value is -2.21. The molecule has 2 aromatic rings. The number of benzene rings is 1. The topological polar surface area (TPSA) is 73.3 Å². The number of sulfone groups is 1. The first-order chi connectivity index (χ1) is 11.0. The lowest BCUT2D eigenvalue weighted by molar-refractivity contribution is 0.00680. The van der Waals surface area contributed by atoms with Crippen molar-refractivity contribution in [1.82, 2.24) is 4.98 Å². The lowest BCUT2D eigenvalue weighted by atomic mass is 10.1. The lowest BCUT2D eigenvalue weighted by Crippen LogP contribution is -2.24. The van der Waals surface area contributed by atoms with Gasteiger partial charge in [0.15, 0.2) is 5.03 Å². The van der Waals surface area contributed by atoms with Gasteiger partial charge < -0.3 is 4.74 Å². The molecule has 128 valence electrons. The van der Waals surface area contributed by atoms with Crippen LogP contribution in [0.3, 0.4) is 0 Å².